The van der Waals surface area contributed by atoms with Crippen LogP contribution in [-0.2, 0) is 6.54 Å². The van der Waals surface area contributed by atoms with Gasteiger partial charge in [-0.3, -0.25) is 0 Å². The van der Waals surface area contributed by atoms with Crippen molar-refractivity contribution in [2.75, 3.05) is 12.8 Å². The Kier molecular flexibility index (Phi) is 4.13. The van der Waals surface area contributed by atoms with Crippen LogP contribution in [-0.4, -0.2) is 16.7 Å². The minimum absolute atomic E-state index is 0.302. The van der Waals surface area contributed by atoms with Gasteiger partial charge in [0.05, 0.1) is 7.11 Å². The second-order valence-corrected chi connectivity index (χ2v) is 4.99. The van der Waals surface area contributed by atoms with Crippen molar-refractivity contribution in [2.45, 2.75) is 26.3 Å². The van der Waals surface area contributed by atoms with E-state index >= 15 is 0 Å². The molecule has 1 aromatic heterocycles. The third kappa shape index (κ3) is 2.54. The van der Waals surface area contributed by atoms with Gasteiger partial charge in [0, 0.05) is 18.0 Å². The summed E-state index contributed by atoms with van der Waals surface area (Å²) in [6.45, 7) is 8.66. The summed E-state index contributed by atoms with van der Waals surface area (Å²) in [6.07, 6.45) is 1.83. The third-order valence-corrected chi connectivity index (χ3v) is 3.21. The Morgan fingerprint density at radius 2 is 2.20 bits per heavy atom. The molecule has 106 valence electrons. The molecule has 1 aromatic carbocycles. The van der Waals surface area contributed by atoms with Crippen LogP contribution in [0.15, 0.2) is 36.9 Å². The number of ether oxygens (including phenoxy) is 1. The van der Waals surface area contributed by atoms with Gasteiger partial charge in [0.2, 0.25) is 0 Å². The van der Waals surface area contributed by atoms with Crippen molar-refractivity contribution in [3.05, 3.63) is 42.7 Å². The van der Waals surface area contributed by atoms with E-state index in [0.717, 1.165) is 22.8 Å². The van der Waals surface area contributed by atoms with Crippen molar-refractivity contribution in [3.63, 3.8) is 0 Å². The molecule has 20 heavy (non-hydrogen) atoms. The maximum atomic E-state index is 6.26. The number of anilines is 1. The summed E-state index contributed by atoms with van der Waals surface area (Å²) in [5.41, 5.74) is 8.03. The number of methoxy groups -OCH3 is 1. The summed E-state index contributed by atoms with van der Waals surface area (Å²) >= 11 is 0. The van der Waals surface area contributed by atoms with E-state index < -0.39 is 0 Å². The van der Waals surface area contributed by atoms with E-state index in [-0.39, 0.29) is 0 Å². The first kappa shape index (κ1) is 14.2. The van der Waals surface area contributed by atoms with E-state index in [2.05, 4.69) is 20.4 Å². The van der Waals surface area contributed by atoms with E-state index in [4.69, 9.17) is 15.5 Å². The number of nitrogens with zero attached hydrogens (tertiary/aromatic N) is 2. The zero-order valence-electron chi connectivity index (χ0n) is 12.3. The number of aromatic nitrogens is 2. The molecule has 0 radical (unpaired) electrons. The van der Waals surface area contributed by atoms with Crippen LogP contribution in [0, 0.1) is 0 Å². The van der Waals surface area contributed by atoms with Crippen molar-refractivity contribution in [1.82, 2.24) is 9.55 Å². The molecule has 0 aliphatic rings. The first-order valence-corrected chi connectivity index (χ1v) is 6.69. The Morgan fingerprint density at radius 3 is 2.80 bits per heavy atom. The molecule has 2 N–H and O–H groups in total. The molecule has 0 amide bonds. The van der Waals surface area contributed by atoms with Gasteiger partial charge in [-0.25, -0.2) is 4.98 Å². The van der Waals surface area contributed by atoms with Crippen LogP contribution in [0.1, 0.15) is 25.6 Å². The van der Waals surface area contributed by atoms with Gasteiger partial charge in [-0.2, -0.15) is 0 Å². The van der Waals surface area contributed by atoms with Gasteiger partial charge in [0.15, 0.2) is 0 Å². The van der Waals surface area contributed by atoms with Crippen LogP contribution < -0.4 is 10.5 Å². The van der Waals surface area contributed by atoms with E-state index in [0.29, 0.717) is 18.3 Å². The summed E-state index contributed by atoms with van der Waals surface area (Å²) in [7, 11) is 1.65. The summed E-state index contributed by atoms with van der Waals surface area (Å²) < 4.78 is 7.26. The highest BCUT2D eigenvalue weighted by atomic mass is 16.5. The number of allylic oxidation sites excluding steroid dienone is 1. The lowest BCUT2D eigenvalue weighted by Crippen LogP contribution is -2.07. The monoisotopic (exact) mass is 271 g/mol. The first-order valence-electron chi connectivity index (χ1n) is 6.69. The molecule has 0 saturated heterocycles. The van der Waals surface area contributed by atoms with Crippen molar-refractivity contribution < 1.29 is 4.74 Å². The maximum absolute atomic E-state index is 6.26. The van der Waals surface area contributed by atoms with Gasteiger partial charge < -0.3 is 15.0 Å². The standard InChI is InChI=1S/C16H21N3O/c1-5-9-19-15(17)14(18-16(19)11(2)3)12-7-6-8-13(10-12)20-4/h5-8,10-11H,1,9,17H2,2-4H3. The molecular weight excluding hydrogens is 250 g/mol. The molecule has 0 saturated carbocycles. The second-order valence-electron chi connectivity index (χ2n) is 4.99. The van der Waals surface area contributed by atoms with Gasteiger partial charge >= 0.3 is 0 Å². The van der Waals surface area contributed by atoms with E-state index in [1.54, 1.807) is 7.11 Å². The molecule has 0 atom stereocenters. The zero-order valence-corrected chi connectivity index (χ0v) is 12.3. The molecule has 0 aliphatic carbocycles. The topological polar surface area (TPSA) is 53.1 Å². The number of hydrogen-bond acceptors (Lipinski definition) is 3. The molecule has 0 aliphatic heterocycles. The molecule has 0 bridgehead atoms. The molecule has 0 fully saturated rings. The number of imidazole rings is 1. The smallest absolute Gasteiger partial charge is 0.132 e. The van der Waals surface area contributed by atoms with Crippen molar-refractivity contribution in [2.24, 2.45) is 0 Å². The van der Waals surface area contributed by atoms with Crippen molar-refractivity contribution in [3.8, 4) is 17.0 Å². The number of nitrogens with two attached hydrogens (primary N) is 1. The van der Waals surface area contributed by atoms with Crippen LogP contribution in [0.2, 0.25) is 0 Å². The minimum Gasteiger partial charge on any atom is -0.497 e. The van der Waals surface area contributed by atoms with Crippen molar-refractivity contribution >= 4 is 5.82 Å². The van der Waals surface area contributed by atoms with Crippen LogP contribution in [0.25, 0.3) is 11.3 Å². The lowest BCUT2D eigenvalue weighted by Gasteiger charge is -2.09. The Morgan fingerprint density at radius 1 is 1.45 bits per heavy atom. The molecule has 2 aromatic rings. The average molecular weight is 271 g/mol. The largest absolute Gasteiger partial charge is 0.497 e. The lowest BCUT2D eigenvalue weighted by atomic mass is 10.1. The van der Waals surface area contributed by atoms with Crippen molar-refractivity contribution in [1.29, 1.82) is 0 Å². The number of benzene rings is 1. The van der Waals surface area contributed by atoms with E-state index in [9.17, 15) is 0 Å². The Balaban J connectivity index is 2.56. The fraction of sp³-hybridized carbons (Fsp3) is 0.312. The van der Waals surface area contributed by atoms with E-state index in [1.807, 2.05) is 34.9 Å². The van der Waals surface area contributed by atoms with Crippen LogP contribution in [0.5, 0.6) is 5.75 Å². The van der Waals surface area contributed by atoms with Crippen LogP contribution in [0.4, 0.5) is 5.82 Å². The second kappa shape index (κ2) is 5.82. The fourth-order valence-electron chi connectivity index (χ4n) is 2.23. The van der Waals surface area contributed by atoms with Gasteiger partial charge in [0.25, 0.3) is 0 Å². The molecular formula is C16H21N3O. The Labute approximate surface area is 119 Å². The highest BCUT2D eigenvalue weighted by molar-refractivity contribution is 5.72. The maximum Gasteiger partial charge on any atom is 0.132 e. The third-order valence-electron chi connectivity index (χ3n) is 3.21. The Bertz CT molecular complexity index is 614. The molecule has 4 heteroatoms. The summed E-state index contributed by atoms with van der Waals surface area (Å²) in [5.74, 6) is 2.74. The van der Waals surface area contributed by atoms with Crippen LogP contribution >= 0.6 is 0 Å². The minimum atomic E-state index is 0.302. The zero-order chi connectivity index (χ0) is 14.7. The fourth-order valence-corrected chi connectivity index (χ4v) is 2.23. The quantitative estimate of drug-likeness (QED) is 0.847. The Hall–Kier alpha value is -2.23. The molecule has 4 nitrogen and oxygen atoms in total. The summed E-state index contributed by atoms with van der Waals surface area (Å²) in [5, 5.41) is 0. The molecule has 1 heterocycles. The number of nitrogen functional groups attached to an aromatic ring is 1. The highest BCUT2D eigenvalue weighted by Gasteiger charge is 2.17. The van der Waals surface area contributed by atoms with Gasteiger partial charge in [-0.1, -0.05) is 32.1 Å². The summed E-state index contributed by atoms with van der Waals surface area (Å²) in [6, 6.07) is 7.78. The summed E-state index contributed by atoms with van der Waals surface area (Å²) in [4.78, 5) is 4.71. The molecule has 2 rings (SSSR count). The van der Waals surface area contributed by atoms with Gasteiger partial charge in [-0.15, -0.1) is 6.58 Å². The SMILES string of the molecule is C=CCn1c(C(C)C)nc(-c2cccc(OC)c2)c1N. The lowest BCUT2D eigenvalue weighted by molar-refractivity contribution is 0.415. The number of hydrogen-bond donors (Lipinski definition) is 1. The van der Waals surface area contributed by atoms with E-state index in [1.165, 1.54) is 0 Å². The highest BCUT2D eigenvalue weighted by Crippen LogP contribution is 2.31. The van der Waals surface area contributed by atoms with Gasteiger partial charge in [0.1, 0.15) is 23.1 Å². The molecule has 0 spiro atoms. The van der Waals surface area contributed by atoms with Crippen LogP contribution in [0.3, 0.4) is 0 Å². The molecule has 0 unspecified atom stereocenters. The van der Waals surface area contributed by atoms with Gasteiger partial charge in [-0.05, 0) is 12.1 Å². The number of rotatable bonds is 5. The predicted molar refractivity (Wildman–Crippen MR) is 82.9 cm³/mol. The predicted octanol–water partition coefficient (Wildman–Crippen LogP) is 3.45. The average Bonchev–Trinajstić information content (AvgIpc) is 2.77. The first-order chi connectivity index (χ1) is 9.58. The normalized spacial score (nSPS) is 10.8.